The maximum atomic E-state index is 12.3. The predicted molar refractivity (Wildman–Crippen MR) is 95.0 cm³/mol. The Balaban J connectivity index is 1.36. The van der Waals surface area contributed by atoms with Gasteiger partial charge in [0.2, 0.25) is 16.8 Å². The fourth-order valence-electron chi connectivity index (χ4n) is 2.62. The number of hydrogen-bond acceptors (Lipinski definition) is 6. The largest absolute Gasteiger partial charge is 0.492 e. The summed E-state index contributed by atoms with van der Waals surface area (Å²) < 4.78 is 43.2. The van der Waals surface area contributed by atoms with Crippen LogP contribution < -0.4 is 18.9 Å². The van der Waals surface area contributed by atoms with Crippen molar-refractivity contribution in [2.75, 3.05) is 19.9 Å². The Morgan fingerprint density at radius 3 is 2.88 bits per heavy atom. The Morgan fingerprint density at radius 1 is 1.08 bits per heavy atom. The molecule has 0 bridgehead atoms. The van der Waals surface area contributed by atoms with E-state index in [-0.39, 0.29) is 24.8 Å². The van der Waals surface area contributed by atoms with E-state index in [0.29, 0.717) is 17.2 Å². The van der Waals surface area contributed by atoms with Gasteiger partial charge in [-0.2, -0.15) is 0 Å². The van der Waals surface area contributed by atoms with Crippen LogP contribution in [0, 0.1) is 0 Å². The van der Waals surface area contributed by atoms with Crippen LogP contribution in [0.3, 0.4) is 0 Å². The van der Waals surface area contributed by atoms with Crippen LogP contribution >= 0.6 is 0 Å². The van der Waals surface area contributed by atoms with Crippen LogP contribution in [0.2, 0.25) is 0 Å². The lowest BCUT2D eigenvalue weighted by Crippen LogP contribution is -2.28. The number of aromatic nitrogens is 1. The van der Waals surface area contributed by atoms with Crippen LogP contribution in [0.15, 0.2) is 59.6 Å². The fraction of sp³-hybridized carbons (Fsp3) is 0.167. The van der Waals surface area contributed by atoms with Crippen molar-refractivity contribution >= 4 is 20.9 Å². The number of fused-ring (bicyclic) bond motifs is 2. The van der Waals surface area contributed by atoms with Crippen LogP contribution in [0.1, 0.15) is 0 Å². The Labute approximate surface area is 150 Å². The molecule has 0 saturated heterocycles. The summed E-state index contributed by atoms with van der Waals surface area (Å²) in [5.41, 5.74) is 0.878. The first-order chi connectivity index (χ1) is 12.6. The molecule has 2 heterocycles. The van der Waals surface area contributed by atoms with Gasteiger partial charge in [0.05, 0.1) is 10.4 Å². The van der Waals surface area contributed by atoms with E-state index in [2.05, 4.69) is 9.71 Å². The van der Waals surface area contributed by atoms with Gasteiger partial charge in [-0.25, -0.2) is 13.1 Å². The molecule has 26 heavy (non-hydrogen) atoms. The summed E-state index contributed by atoms with van der Waals surface area (Å²) in [5.74, 6) is 1.62. The van der Waals surface area contributed by atoms with Crippen molar-refractivity contribution in [2.45, 2.75) is 4.90 Å². The normalized spacial score (nSPS) is 13.1. The summed E-state index contributed by atoms with van der Waals surface area (Å²) in [6.07, 6.45) is 1.73. The second kappa shape index (κ2) is 6.81. The first-order valence-electron chi connectivity index (χ1n) is 7.99. The summed E-state index contributed by atoms with van der Waals surface area (Å²) in [5, 5.41) is 0.964. The fourth-order valence-corrected chi connectivity index (χ4v) is 3.64. The van der Waals surface area contributed by atoms with Gasteiger partial charge < -0.3 is 14.2 Å². The maximum absolute atomic E-state index is 12.3. The first-order valence-corrected chi connectivity index (χ1v) is 9.47. The van der Waals surface area contributed by atoms with Crippen LogP contribution in [-0.4, -0.2) is 33.3 Å². The number of sulfonamides is 1. The second-order valence-corrected chi connectivity index (χ2v) is 7.39. The van der Waals surface area contributed by atoms with Crippen molar-refractivity contribution in [3.8, 4) is 17.2 Å². The lowest BCUT2D eigenvalue weighted by molar-refractivity contribution is 0.174. The standard InChI is InChI=1S/C18H16N2O5S/c21-26(22,15-4-6-17-18(11-15)25-12-24-17)20-8-9-23-14-3-5-16-13(10-14)2-1-7-19-16/h1-7,10-11,20H,8-9,12H2. The molecular weight excluding hydrogens is 356 g/mol. The monoisotopic (exact) mass is 372 g/mol. The van der Waals surface area contributed by atoms with Crippen LogP contribution in [-0.2, 0) is 10.0 Å². The van der Waals surface area contributed by atoms with Gasteiger partial charge in [0.15, 0.2) is 11.5 Å². The second-order valence-electron chi connectivity index (χ2n) is 5.62. The van der Waals surface area contributed by atoms with Gasteiger partial charge in [-0.05, 0) is 36.4 Å². The maximum Gasteiger partial charge on any atom is 0.240 e. The third-order valence-corrected chi connectivity index (χ3v) is 5.35. The Morgan fingerprint density at radius 2 is 1.96 bits per heavy atom. The van der Waals surface area contributed by atoms with Crippen LogP contribution in [0.4, 0.5) is 0 Å². The molecule has 7 nitrogen and oxygen atoms in total. The van der Waals surface area contributed by atoms with E-state index in [1.807, 2.05) is 30.3 Å². The number of ether oxygens (including phenoxy) is 3. The minimum atomic E-state index is -3.65. The van der Waals surface area contributed by atoms with Crippen molar-refractivity contribution in [1.82, 2.24) is 9.71 Å². The van der Waals surface area contributed by atoms with Crippen molar-refractivity contribution in [1.29, 1.82) is 0 Å². The Hall–Kier alpha value is -2.84. The summed E-state index contributed by atoms with van der Waals surface area (Å²) in [4.78, 5) is 4.37. The highest BCUT2D eigenvalue weighted by Crippen LogP contribution is 2.33. The molecule has 0 amide bonds. The van der Waals surface area contributed by atoms with Gasteiger partial charge in [-0.15, -0.1) is 0 Å². The smallest absolute Gasteiger partial charge is 0.240 e. The highest BCUT2D eigenvalue weighted by molar-refractivity contribution is 7.89. The van der Waals surface area contributed by atoms with E-state index < -0.39 is 10.0 Å². The quantitative estimate of drug-likeness (QED) is 0.668. The first kappa shape index (κ1) is 16.6. The number of nitrogens with one attached hydrogen (secondary N) is 1. The van der Waals surface area contributed by atoms with E-state index in [1.54, 1.807) is 12.3 Å². The van der Waals surface area contributed by atoms with E-state index in [4.69, 9.17) is 14.2 Å². The molecule has 0 unspecified atom stereocenters. The molecule has 3 aromatic rings. The SMILES string of the molecule is O=S(=O)(NCCOc1ccc2ncccc2c1)c1ccc2c(c1)OCO2. The topological polar surface area (TPSA) is 86.8 Å². The number of benzene rings is 2. The predicted octanol–water partition coefficient (Wildman–Crippen LogP) is 2.32. The zero-order chi connectivity index (χ0) is 18.0. The lowest BCUT2D eigenvalue weighted by Gasteiger charge is -2.09. The molecule has 8 heteroatoms. The van der Waals surface area contributed by atoms with Crippen LogP contribution in [0.5, 0.6) is 17.2 Å². The minimum Gasteiger partial charge on any atom is -0.492 e. The molecule has 0 aliphatic carbocycles. The molecule has 134 valence electrons. The van der Waals surface area contributed by atoms with Gasteiger partial charge >= 0.3 is 0 Å². The van der Waals surface area contributed by atoms with Crippen molar-refractivity contribution in [3.05, 3.63) is 54.7 Å². The van der Waals surface area contributed by atoms with E-state index in [9.17, 15) is 8.42 Å². The Kier molecular flexibility index (Phi) is 4.36. The van der Waals surface area contributed by atoms with Crippen LogP contribution in [0.25, 0.3) is 10.9 Å². The molecule has 0 saturated carbocycles. The number of hydrogen-bond donors (Lipinski definition) is 1. The van der Waals surface area contributed by atoms with E-state index >= 15 is 0 Å². The molecule has 0 fully saturated rings. The molecule has 0 spiro atoms. The molecular formula is C18H16N2O5S. The third kappa shape index (κ3) is 3.42. The molecule has 1 N–H and O–H groups in total. The van der Waals surface area contributed by atoms with E-state index in [1.165, 1.54) is 12.1 Å². The minimum absolute atomic E-state index is 0.0986. The highest BCUT2D eigenvalue weighted by Gasteiger charge is 2.19. The molecule has 2 aromatic carbocycles. The average Bonchev–Trinajstić information content (AvgIpc) is 3.13. The molecule has 0 radical (unpaired) electrons. The Bertz CT molecular complexity index is 1050. The molecule has 1 aromatic heterocycles. The number of nitrogens with zero attached hydrogens (tertiary/aromatic N) is 1. The summed E-state index contributed by atoms with van der Waals surface area (Å²) >= 11 is 0. The molecule has 1 aliphatic rings. The number of pyridine rings is 1. The van der Waals surface area contributed by atoms with Gasteiger partial charge in [0.25, 0.3) is 0 Å². The van der Waals surface area contributed by atoms with Crippen molar-refractivity contribution in [2.24, 2.45) is 0 Å². The number of rotatable bonds is 6. The third-order valence-electron chi connectivity index (χ3n) is 3.89. The lowest BCUT2D eigenvalue weighted by atomic mass is 10.2. The molecule has 4 rings (SSSR count). The molecule has 0 atom stereocenters. The van der Waals surface area contributed by atoms with Gasteiger partial charge in [-0.3, -0.25) is 4.98 Å². The summed E-state index contributed by atoms with van der Waals surface area (Å²) in [6.45, 7) is 0.443. The summed E-state index contributed by atoms with van der Waals surface area (Å²) in [6, 6.07) is 13.8. The van der Waals surface area contributed by atoms with Gasteiger partial charge in [-0.1, -0.05) is 6.07 Å². The highest BCUT2D eigenvalue weighted by atomic mass is 32.2. The van der Waals surface area contributed by atoms with Gasteiger partial charge in [0.1, 0.15) is 12.4 Å². The van der Waals surface area contributed by atoms with Crippen molar-refractivity contribution < 1.29 is 22.6 Å². The van der Waals surface area contributed by atoms with E-state index in [0.717, 1.165) is 10.9 Å². The average molecular weight is 372 g/mol. The molecule has 1 aliphatic heterocycles. The van der Waals surface area contributed by atoms with Gasteiger partial charge in [0, 0.05) is 24.2 Å². The summed E-state index contributed by atoms with van der Waals surface area (Å²) in [7, 11) is -3.65. The van der Waals surface area contributed by atoms with Crippen molar-refractivity contribution in [3.63, 3.8) is 0 Å². The zero-order valence-corrected chi connectivity index (χ0v) is 14.5. The zero-order valence-electron chi connectivity index (χ0n) is 13.7.